The molecular formula is C17H15N3O3. The van der Waals surface area contributed by atoms with E-state index in [2.05, 4.69) is 15.2 Å². The highest BCUT2D eigenvalue weighted by molar-refractivity contribution is 5.97. The SMILES string of the molecule is Cc1cc(C)c2c(N=Nc3ccc(C(=O)O)cc3)c(O)[nH]c2c1. The Labute approximate surface area is 132 Å². The number of aryl methyl sites for hydroxylation is 2. The summed E-state index contributed by atoms with van der Waals surface area (Å²) in [5, 5.41) is 27.9. The Balaban J connectivity index is 2.01. The molecule has 23 heavy (non-hydrogen) atoms. The van der Waals surface area contributed by atoms with Crippen LogP contribution in [0.4, 0.5) is 11.4 Å². The average Bonchev–Trinajstić information content (AvgIpc) is 2.81. The smallest absolute Gasteiger partial charge is 0.335 e. The lowest BCUT2D eigenvalue weighted by molar-refractivity contribution is 0.0697. The molecule has 0 amide bonds. The fourth-order valence-electron chi connectivity index (χ4n) is 2.56. The van der Waals surface area contributed by atoms with Gasteiger partial charge in [0.1, 0.15) is 0 Å². The maximum atomic E-state index is 10.8. The number of azo groups is 1. The fraction of sp³-hybridized carbons (Fsp3) is 0.118. The average molecular weight is 309 g/mol. The summed E-state index contributed by atoms with van der Waals surface area (Å²) in [4.78, 5) is 13.7. The number of aromatic amines is 1. The summed E-state index contributed by atoms with van der Waals surface area (Å²) in [6.45, 7) is 3.93. The van der Waals surface area contributed by atoms with Gasteiger partial charge in [-0.25, -0.2) is 4.79 Å². The number of carbonyl (C=O) groups is 1. The minimum Gasteiger partial charge on any atom is -0.493 e. The van der Waals surface area contributed by atoms with Crippen molar-refractivity contribution in [2.75, 3.05) is 0 Å². The number of benzene rings is 2. The molecule has 0 atom stereocenters. The van der Waals surface area contributed by atoms with E-state index in [9.17, 15) is 9.90 Å². The topological polar surface area (TPSA) is 98.0 Å². The molecule has 0 aliphatic heterocycles. The van der Waals surface area contributed by atoms with Crippen molar-refractivity contribution in [3.05, 3.63) is 53.1 Å². The first kappa shape index (κ1) is 14.8. The van der Waals surface area contributed by atoms with Gasteiger partial charge in [-0.2, -0.15) is 5.11 Å². The molecule has 0 fully saturated rings. The molecule has 116 valence electrons. The predicted molar refractivity (Wildman–Crippen MR) is 87.0 cm³/mol. The molecule has 3 aromatic rings. The number of nitrogens with one attached hydrogen (secondary N) is 1. The molecule has 0 bridgehead atoms. The number of aromatic carboxylic acids is 1. The Morgan fingerprint density at radius 1 is 1.09 bits per heavy atom. The number of H-pyrrole nitrogens is 1. The standard InChI is InChI=1S/C17H15N3O3/c1-9-7-10(2)14-13(8-9)18-16(21)15(14)20-19-12-5-3-11(4-6-12)17(22)23/h3-8,18,21H,1-2H3,(H,22,23). The summed E-state index contributed by atoms with van der Waals surface area (Å²) >= 11 is 0. The van der Waals surface area contributed by atoms with Crippen LogP contribution >= 0.6 is 0 Å². The Kier molecular flexibility index (Phi) is 3.57. The van der Waals surface area contributed by atoms with Gasteiger partial charge in [-0.3, -0.25) is 0 Å². The molecule has 6 nitrogen and oxygen atoms in total. The van der Waals surface area contributed by atoms with Crippen LogP contribution in [0.25, 0.3) is 10.9 Å². The van der Waals surface area contributed by atoms with Crippen molar-refractivity contribution in [1.29, 1.82) is 0 Å². The number of nitrogens with zero attached hydrogens (tertiary/aromatic N) is 2. The van der Waals surface area contributed by atoms with Gasteiger partial charge in [0, 0.05) is 5.39 Å². The number of hydrogen-bond acceptors (Lipinski definition) is 4. The number of fused-ring (bicyclic) bond motifs is 1. The maximum absolute atomic E-state index is 10.8. The first-order chi connectivity index (χ1) is 11.0. The molecule has 0 spiro atoms. The second-order valence-electron chi connectivity index (χ2n) is 5.38. The van der Waals surface area contributed by atoms with E-state index < -0.39 is 5.97 Å². The van der Waals surface area contributed by atoms with Gasteiger partial charge in [-0.15, -0.1) is 5.11 Å². The third-order valence-corrected chi connectivity index (χ3v) is 3.57. The molecule has 3 N–H and O–H groups in total. The predicted octanol–water partition coefficient (Wildman–Crippen LogP) is 4.60. The summed E-state index contributed by atoms with van der Waals surface area (Å²) in [6.07, 6.45) is 0. The van der Waals surface area contributed by atoms with Crippen molar-refractivity contribution in [1.82, 2.24) is 4.98 Å². The molecule has 3 rings (SSSR count). The third kappa shape index (κ3) is 2.78. The van der Waals surface area contributed by atoms with Crippen LogP contribution in [-0.2, 0) is 0 Å². The number of aromatic nitrogens is 1. The van der Waals surface area contributed by atoms with Crippen molar-refractivity contribution in [2.45, 2.75) is 13.8 Å². The molecule has 0 aliphatic rings. The Morgan fingerprint density at radius 2 is 1.78 bits per heavy atom. The first-order valence-corrected chi connectivity index (χ1v) is 7.02. The van der Waals surface area contributed by atoms with Gasteiger partial charge in [0.05, 0.1) is 16.8 Å². The van der Waals surface area contributed by atoms with E-state index in [0.29, 0.717) is 11.4 Å². The number of carboxylic acid groups (broad SMARTS) is 1. The number of rotatable bonds is 3. The van der Waals surface area contributed by atoms with Crippen LogP contribution in [-0.4, -0.2) is 21.2 Å². The lowest BCUT2D eigenvalue weighted by Gasteiger charge is -2.00. The normalized spacial score (nSPS) is 11.4. The zero-order valence-electron chi connectivity index (χ0n) is 12.7. The Hall–Kier alpha value is -3.15. The van der Waals surface area contributed by atoms with Gasteiger partial charge >= 0.3 is 5.97 Å². The molecule has 1 aromatic heterocycles. The third-order valence-electron chi connectivity index (χ3n) is 3.57. The quantitative estimate of drug-likeness (QED) is 0.616. The van der Waals surface area contributed by atoms with Gasteiger partial charge in [0.2, 0.25) is 5.88 Å². The molecular weight excluding hydrogens is 294 g/mol. The summed E-state index contributed by atoms with van der Waals surface area (Å²) in [5.74, 6) is -1.03. The van der Waals surface area contributed by atoms with Crippen molar-refractivity contribution in [3.63, 3.8) is 0 Å². The minimum absolute atomic E-state index is 0.0420. The molecule has 1 heterocycles. The zero-order valence-corrected chi connectivity index (χ0v) is 12.7. The Bertz CT molecular complexity index is 924. The summed E-state index contributed by atoms with van der Waals surface area (Å²) in [5.41, 5.74) is 3.95. The largest absolute Gasteiger partial charge is 0.493 e. The number of carboxylic acids is 1. The highest BCUT2D eigenvalue weighted by Gasteiger charge is 2.13. The number of aromatic hydroxyl groups is 1. The van der Waals surface area contributed by atoms with Gasteiger partial charge in [0.15, 0.2) is 5.69 Å². The van der Waals surface area contributed by atoms with E-state index in [1.807, 2.05) is 26.0 Å². The van der Waals surface area contributed by atoms with Crippen molar-refractivity contribution >= 4 is 28.2 Å². The molecule has 2 aromatic carbocycles. The first-order valence-electron chi connectivity index (χ1n) is 7.02. The monoisotopic (exact) mass is 309 g/mol. The molecule has 0 aliphatic carbocycles. The van der Waals surface area contributed by atoms with Crippen molar-refractivity contribution in [3.8, 4) is 5.88 Å². The summed E-state index contributed by atoms with van der Waals surface area (Å²) in [7, 11) is 0. The van der Waals surface area contributed by atoms with Crippen LogP contribution in [0, 0.1) is 13.8 Å². The van der Waals surface area contributed by atoms with E-state index in [1.54, 1.807) is 12.1 Å². The van der Waals surface area contributed by atoms with Crippen LogP contribution < -0.4 is 0 Å². The highest BCUT2D eigenvalue weighted by Crippen LogP contribution is 2.38. The second kappa shape index (κ2) is 5.57. The second-order valence-corrected chi connectivity index (χ2v) is 5.38. The van der Waals surface area contributed by atoms with Crippen LogP contribution in [0.3, 0.4) is 0 Å². The van der Waals surface area contributed by atoms with Gasteiger partial charge in [0.25, 0.3) is 0 Å². The summed E-state index contributed by atoms with van der Waals surface area (Å²) < 4.78 is 0. The summed E-state index contributed by atoms with van der Waals surface area (Å²) in [6, 6.07) is 9.99. The lowest BCUT2D eigenvalue weighted by atomic mass is 10.1. The van der Waals surface area contributed by atoms with Gasteiger partial charge in [-0.1, -0.05) is 6.07 Å². The van der Waals surface area contributed by atoms with Crippen molar-refractivity contribution < 1.29 is 15.0 Å². The van der Waals surface area contributed by atoms with E-state index in [1.165, 1.54) is 12.1 Å². The van der Waals surface area contributed by atoms with Gasteiger partial charge < -0.3 is 15.2 Å². The van der Waals surface area contributed by atoms with E-state index in [-0.39, 0.29) is 11.4 Å². The molecule has 0 unspecified atom stereocenters. The lowest BCUT2D eigenvalue weighted by Crippen LogP contribution is -1.93. The molecule has 0 radical (unpaired) electrons. The van der Waals surface area contributed by atoms with E-state index in [4.69, 9.17) is 5.11 Å². The number of hydrogen-bond donors (Lipinski definition) is 3. The maximum Gasteiger partial charge on any atom is 0.335 e. The van der Waals surface area contributed by atoms with Gasteiger partial charge in [-0.05, 0) is 55.3 Å². The van der Waals surface area contributed by atoms with Crippen LogP contribution in [0.2, 0.25) is 0 Å². The molecule has 0 saturated heterocycles. The van der Waals surface area contributed by atoms with E-state index >= 15 is 0 Å². The zero-order chi connectivity index (χ0) is 16.6. The fourth-order valence-corrected chi connectivity index (χ4v) is 2.56. The highest BCUT2D eigenvalue weighted by atomic mass is 16.4. The minimum atomic E-state index is -0.992. The Morgan fingerprint density at radius 3 is 2.43 bits per heavy atom. The van der Waals surface area contributed by atoms with Crippen LogP contribution in [0.15, 0.2) is 46.6 Å². The van der Waals surface area contributed by atoms with E-state index in [0.717, 1.165) is 22.0 Å². The van der Waals surface area contributed by atoms with Crippen molar-refractivity contribution in [2.24, 2.45) is 10.2 Å². The van der Waals surface area contributed by atoms with Crippen LogP contribution in [0.5, 0.6) is 5.88 Å². The molecule has 0 saturated carbocycles. The van der Waals surface area contributed by atoms with Crippen LogP contribution in [0.1, 0.15) is 21.5 Å². The molecule has 6 heteroatoms.